The van der Waals surface area contributed by atoms with Crippen molar-refractivity contribution in [3.05, 3.63) is 88.0 Å². The molecule has 3 aliphatic heterocycles. The summed E-state index contributed by atoms with van der Waals surface area (Å²) in [5.74, 6) is -0.863. The summed E-state index contributed by atoms with van der Waals surface area (Å²) in [7, 11) is 0. The van der Waals surface area contributed by atoms with Gasteiger partial charge in [-0.1, -0.05) is 54.2 Å². The summed E-state index contributed by atoms with van der Waals surface area (Å²) in [4.78, 5) is 32.9. The van der Waals surface area contributed by atoms with Crippen molar-refractivity contribution in [2.24, 2.45) is 4.99 Å². The molecule has 2 unspecified atom stereocenters. The average Bonchev–Trinajstić information content (AvgIpc) is 3.61. The fraction of sp³-hybridized carbons (Fsp3) is 0.345. The Bertz CT molecular complexity index is 1350. The number of ether oxygens (including phenoxy) is 2. The number of amidine groups is 1. The molecule has 40 heavy (non-hydrogen) atoms. The maximum atomic E-state index is 13.5. The molecular formula is C29H28F3N3O4S. The highest BCUT2D eigenvalue weighted by molar-refractivity contribution is 8.16. The Labute approximate surface area is 234 Å². The van der Waals surface area contributed by atoms with Gasteiger partial charge in [0.15, 0.2) is 5.17 Å². The predicted octanol–water partition coefficient (Wildman–Crippen LogP) is 5.67. The molecule has 1 fully saturated rings. The smallest absolute Gasteiger partial charge is 0.416 e. The number of carbonyl (C=O) groups excluding carboxylic acids is 2. The fourth-order valence-electron chi connectivity index (χ4n) is 4.92. The van der Waals surface area contributed by atoms with Crippen molar-refractivity contribution < 1.29 is 32.2 Å². The molecule has 3 aliphatic rings. The molecule has 2 aromatic carbocycles. The summed E-state index contributed by atoms with van der Waals surface area (Å²) in [5, 5.41) is 5.21. The van der Waals surface area contributed by atoms with Crippen LogP contribution in [0.2, 0.25) is 0 Å². The van der Waals surface area contributed by atoms with E-state index >= 15 is 0 Å². The third-order valence-corrected chi connectivity index (χ3v) is 7.69. The minimum absolute atomic E-state index is 0.00729. The Kier molecular flexibility index (Phi) is 8.32. The molecule has 3 heterocycles. The number of halogens is 3. The highest BCUT2D eigenvalue weighted by Gasteiger charge is 2.42. The number of thioether (sulfide) groups is 1. The van der Waals surface area contributed by atoms with Crippen LogP contribution in [0.3, 0.4) is 0 Å². The topological polar surface area (TPSA) is 80.2 Å². The summed E-state index contributed by atoms with van der Waals surface area (Å²) in [6.45, 7) is 2.86. The molecule has 1 amide bonds. The average molecular weight is 572 g/mol. The van der Waals surface area contributed by atoms with E-state index in [2.05, 4.69) is 5.32 Å². The molecular weight excluding hydrogens is 543 g/mol. The lowest BCUT2D eigenvalue weighted by atomic mass is 9.91. The first kappa shape index (κ1) is 28.0. The number of nitrogens with one attached hydrogen (secondary N) is 1. The maximum absolute atomic E-state index is 13.5. The van der Waals surface area contributed by atoms with E-state index in [0.29, 0.717) is 40.8 Å². The Balaban J connectivity index is 1.54. The number of carbonyl (C=O) groups is 2. The van der Waals surface area contributed by atoms with Crippen molar-refractivity contribution in [3.63, 3.8) is 0 Å². The molecule has 210 valence electrons. The monoisotopic (exact) mass is 571 g/mol. The zero-order valence-corrected chi connectivity index (χ0v) is 22.6. The van der Waals surface area contributed by atoms with Gasteiger partial charge in [-0.25, -0.2) is 9.79 Å². The number of fused-ring (bicyclic) bond motifs is 1. The van der Waals surface area contributed by atoms with Gasteiger partial charge >= 0.3 is 12.1 Å². The Morgan fingerprint density at radius 3 is 2.55 bits per heavy atom. The number of benzene rings is 2. The molecule has 2 aromatic rings. The van der Waals surface area contributed by atoms with Gasteiger partial charge in [0.2, 0.25) is 5.91 Å². The predicted molar refractivity (Wildman–Crippen MR) is 146 cm³/mol. The number of alkyl halides is 3. The first-order valence-electron chi connectivity index (χ1n) is 13.0. The van der Waals surface area contributed by atoms with E-state index in [1.807, 2.05) is 30.3 Å². The second kappa shape index (κ2) is 11.9. The molecule has 0 saturated carbocycles. The first-order chi connectivity index (χ1) is 19.3. The standard InChI is InChI=1S/C29H28F3N3O4S/c1-2-38-27(37)24-25(18-7-4-3-5-8-18)34-28-35(26(24)19-10-12-20(13-11-19)29(30,31)32)21(17-40-28)15-23(36)33-16-22-9-6-14-39-22/h3-5,7-8,10-13,17,22,26H,2,6,9,14-16H2,1H3,(H,33,36). The summed E-state index contributed by atoms with van der Waals surface area (Å²) in [5.41, 5.74) is 1.44. The minimum atomic E-state index is -4.51. The molecule has 0 radical (unpaired) electrons. The minimum Gasteiger partial charge on any atom is -0.463 e. The van der Waals surface area contributed by atoms with Crippen molar-refractivity contribution in [2.75, 3.05) is 19.8 Å². The number of aliphatic imine (C=N–C) groups is 1. The highest BCUT2D eigenvalue weighted by Crippen LogP contribution is 2.47. The number of hydrogen-bond acceptors (Lipinski definition) is 7. The van der Waals surface area contributed by atoms with Gasteiger partial charge in [0.25, 0.3) is 0 Å². The SMILES string of the molecule is CCOC(=O)C1=C(c2ccccc2)N=C2SC=C(CC(=O)NCC3CCCO3)N2C1c1ccc(C(F)(F)F)cc1. The maximum Gasteiger partial charge on any atom is 0.416 e. The molecule has 0 aromatic heterocycles. The van der Waals surface area contributed by atoms with Gasteiger partial charge in [0, 0.05) is 24.4 Å². The number of esters is 1. The summed E-state index contributed by atoms with van der Waals surface area (Å²) in [6.07, 6.45) is -2.70. The summed E-state index contributed by atoms with van der Waals surface area (Å²) >= 11 is 1.29. The fourth-order valence-corrected chi connectivity index (χ4v) is 5.84. The molecule has 5 rings (SSSR count). The van der Waals surface area contributed by atoms with Crippen LogP contribution in [0.4, 0.5) is 13.2 Å². The quantitative estimate of drug-likeness (QED) is 0.412. The molecule has 2 atom stereocenters. The van der Waals surface area contributed by atoms with Crippen LogP contribution in [-0.4, -0.2) is 47.8 Å². The second-order valence-electron chi connectivity index (χ2n) is 9.48. The van der Waals surface area contributed by atoms with Crippen molar-refractivity contribution >= 4 is 34.5 Å². The van der Waals surface area contributed by atoms with Gasteiger partial charge in [-0.05, 0) is 42.9 Å². The molecule has 7 nitrogen and oxygen atoms in total. The van der Waals surface area contributed by atoms with Gasteiger partial charge < -0.3 is 19.7 Å². The Hall–Kier alpha value is -3.57. The van der Waals surface area contributed by atoms with E-state index in [9.17, 15) is 22.8 Å². The third kappa shape index (κ3) is 5.95. The lowest BCUT2D eigenvalue weighted by Gasteiger charge is -2.37. The number of nitrogens with zero attached hydrogens (tertiary/aromatic N) is 2. The van der Waals surface area contributed by atoms with Crippen molar-refractivity contribution in [1.82, 2.24) is 10.2 Å². The van der Waals surface area contributed by atoms with Crippen LogP contribution < -0.4 is 5.32 Å². The van der Waals surface area contributed by atoms with Crippen LogP contribution in [0, 0.1) is 0 Å². The lowest BCUT2D eigenvalue weighted by molar-refractivity contribution is -0.139. The molecule has 1 N–H and O–H groups in total. The highest BCUT2D eigenvalue weighted by atomic mass is 32.2. The van der Waals surface area contributed by atoms with Crippen LogP contribution in [-0.2, 0) is 25.2 Å². The molecule has 0 spiro atoms. The van der Waals surface area contributed by atoms with Gasteiger partial charge in [0.05, 0.1) is 42.0 Å². The summed E-state index contributed by atoms with van der Waals surface area (Å²) in [6, 6.07) is 12.9. The van der Waals surface area contributed by atoms with Crippen LogP contribution in [0.1, 0.15) is 48.9 Å². The first-order valence-corrected chi connectivity index (χ1v) is 13.9. The van der Waals surface area contributed by atoms with Gasteiger partial charge in [0.1, 0.15) is 0 Å². The zero-order chi connectivity index (χ0) is 28.3. The van der Waals surface area contributed by atoms with Crippen LogP contribution >= 0.6 is 11.8 Å². The second-order valence-corrected chi connectivity index (χ2v) is 10.3. The number of amides is 1. The van der Waals surface area contributed by atoms with Crippen molar-refractivity contribution in [2.45, 2.75) is 44.5 Å². The molecule has 0 aliphatic carbocycles. The number of hydrogen-bond donors (Lipinski definition) is 1. The van der Waals surface area contributed by atoms with Crippen molar-refractivity contribution in [1.29, 1.82) is 0 Å². The van der Waals surface area contributed by atoms with Crippen LogP contribution in [0.5, 0.6) is 0 Å². The van der Waals surface area contributed by atoms with E-state index in [1.165, 1.54) is 23.9 Å². The normalized spacial score (nSPS) is 20.6. The molecule has 0 bridgehead atoms. The van der Waals surface area contributed by atoms with E-state index < -0.39 is 23.8 Å². The summed E-state index contributed by atoms with van der Waals surface area (Å²) < 4.78 is 51.1. The van der Waals surface area contributed by atoms with E-state index in [1.54, 1.807) is 17.2 Å². The molecule has 1 saturated heterocycles. The number of rotatable bonds is 8. The van der Waals surface area contributed by atoms with Gasteiger partial charge in [-0.3, -0.25) is 4.79 Å². The van der Waals surface area contributed by atoms with Crippen molar-refractivity contribution in [3.8, 4) is 0 Å². The Morgan fingerprint density at radius 1 is 1.15 bits per heavy atom. The van der Waals surface area contributed by atoms with Crippen LogP contribution in [0.15, 0.2) is 76.3 Å². The lowest BCUT2D eigenvalue weighted by Crippen LogP contribution is -2.39. The largest absolute Gasteiger partial charge is 0.463 e. The van der Waals surface area contributed by atoms with E-state index in [0.717, 1.165) is 25.0 Å². The van der Waals surface area contributed by atoms with Crippen LogP contribution in [0.25, 0.3) is 5.70 Å². The third-order valence-electron chi connectivity index (χ3n) is 6.80. The van der Waals surface area contributed by atoms with E-state index in [4.69, 9.17) is 14.5 Å². The molecule has 11 heteroatoms. The van der Waals surface area contributed by atoms with Gasteiger partial charge in [-0.2, -0.15) is 13.2 Å². The van der Waals surface area contributed by atoms with Gasteiger partial charge in [-0.15, -0.1) is 0 Å². The zero-order valence-electron chi connectivity index (χ0n) is 21.7. The Morgan fingerprint density at radius 2 is 1.90 bits per heavy atom. The van der Waals surface area contributed by atoms with E-state index in [-0.39, 0.29) is 30.6 Å².